The molecule has 1 aliphatic rings. The minimum absolute atomic E-state index is 0.0376. The molecule has 0 saturated carbocycles. The Kier molecular flexibility index (Phi) is 5.94. The number of thiazole rings is 1. The SMILES string of the molecule is CC(=NO[C@H](C)C(=O)N1CCCCCC1)c1sc(C)nc1C. The Hall–Kier alpha value is -1.43. The summed E-state index contributed by atoms with van der Waals surface area (Å²) < 4.78 is 0. The van der Waals surface area contributed by atoms with Gasteiger partial charge in [-0.1, -0.05) is 18.0 Å². The smallest absolute Gasteiger partial charge is 0.266 e. The van der Waals surface area contributed by atoms with Gasteiger partial charge in [-0.25, -0.2) is 4.98 Å². The molecule has 1 aromatic rings. The van der Waals surface area contributed by atoms with Crippen LogP contribution >= 0.6 is 11.3 Å². The van der Waals surface area contributed by atoms with Crippen molar-refractivity contribution in [2.75, 3.05) is 13.1 Å². The van der Waals surface area contributed by atoms with Gasteiger partial charge in [-0.3, -0.25) is 4.79 Å². The number of hydrogen-bond donors (Lipinski definition) is 0. The van der Waals surface area contributed by atoms with Gasteiger partial charge >= 0.3 is 0 Å². The molecule has 1 aliphatic heterocycles. The van der Waals surface area contributed by atoms with E-state index in [1.54, 1.807) is 18.3 Å². The zero-order chi connectivity index (χ0) is 16.1. The Balaban J connectivity index is 1.95. The van der Waals surface area contributed by atoms with Crippen molar-refractivity contribution in [2.45, 2.75) is 59.5 Å². The Bertz CT molecular complexity index is 546. The number of likely N-dealkylation sites (tertiary alicyclic amines) is 1. The zero-order valence-electron chi connectivity index (χ0n) is 13.9. The van der Waals surface area contributed by atoms with Crippen LogP contribution in [-0.4, -0.2) is 40.7 Å². The van der Waals surface area contributed by atoms with Crippen LogP contribution in [0.2, 0.25) is 0 Å². The van der Waals surface area contributed by atoms with Crippen LogP contribution in [0.4, 0.5) is 0 Å². The van der Waals surface area contributed by atoms with Crippen LogP contribution in [0, 0.1) is 13.8 Å². The largest absolute Gasteiger partial charge is 0.382 e. The molecule has 0 aromatic carbocycles. The van der Waals surface area contributed by atoms with E-state index in [0.29, 0.717) is 0 Å². The predicted octanol–water partition coefficient (Wildman–Crippen LogP) is 3.29. The number of carbonyl (C=O) groups excluding carboxylic acids is 1. The average molecular weight is 323 g/mol. The molecule has 0 radical (unpaired) electrons. The van der Waals surface area contributed by atoms with Gasteiger partial charge in [0.05, 0.1) is 21.3 Å². The van der Waals surface area contributed by atoms with Crippen molar-refractivity contribution >= 4 is 23.0 Å². The lowest BCUT2D eigenvalue weighted by atomic mass is 10.2. The molecule has 1 amide bonds. The summed E-state index contributed by atoms with van der Waals surface area (Å²) in [4.78, 5) is 25.2. The van der Waals surface area contributed by atoms with Crippen LogP contribution in [0.1, 0.15) is 55.1 Å². The quantitative estimate of drug-likeness (QED) is 0.631. The van der Waals surface area contributed by atoms with Gasteiger partial charge < -0.3 is 9.74 Å². The summed E-state index contributed by atoms with van der Waals surface area (Å²) in [5.41, 5.74) is 1.73. The van der Waals surface area contributed by atoms with E-state index in [-0.39, 0.29) is 5.91 Å². The minimum Gasteiger partial charge on any atom is -0.382 e. The van der Waals surface area contributed by atoms with Gasteiger partial charge in [-0.05, 0) is 40.5 Å². The molecule has 0 spiro atoms. The lowest BCUT2D eigenvalue weighted by Gasteiger charge is -2.22. The van der Waals surface area contributed by atoms with E-state index in [4.69, 9.17) is 4.84 Å². The summed E-state index contributed by atoms with van der Waals surface area (Å²) in [5.74, 6) is 0.0376. The molecule has 22 heavy (non-hydrogen) atoms. The number of oxime groups is 1. The third-order valence-electron chi connectivity index (χ3n) is 3.85. The van der Waals surface area contributed by atoms with Gasteiger partial charge in [0, 0.05) is 13.1 Å². The van der Waals surface area contributed by atoms with Crippen molar-refractivity contribution in [3.05, 3.63) is 15.6 Å². The van der Waals surface area contributed by atoms with Crippen molar-refractivity contribution in [1.29, 1.82) is 0 Å². The highest BCUT2D eigenvalue weighted by Crippen LogP contribution is 2.18. The van der Waals surface area contributed by atoms with Crippen molar-refractivity contribution in [1.82, 2.24) is 9.88 Å². The van der Waals surface area contributed by atoms with Crippen LogP contribution in [-0.2, 0) is 9.63 Å². The summed E-state index contributed by atoms with van der Waals surface area (Å²) >= 11 is 1.60. The van der Waals surface area contributed by atoms with Crippen LogP contribution in [0.25, 0.3) is 0 Å². The second kappa shape index (κ2) is 7.72. The molecule has 1 atom stereocenters. The van der Waals surface area contributed by atoms with Gasteiger partial charge in [-0.2, -0.15) is 0 Å². The van der Waals surface area contributed by atoms with Gasteiger partial charge in [0.1, 0.15) is 0 Å². The first-order valence-corrected chi connectivity index (χ1v) is 8.74. The number of nitrogens with zero attached hydrogens (tertiary/aromatic N) is 3. The van der Waals surface area contributed by atoms with E-state index in [1.165, 1.54) is 12.8 Å². The Morgan fingerprint density at radius 2 is 1.91 bits per heavy atom. The van der Waals surface area contributed by atoms with Crippen LogP contribution in [0.3, 0.4) is 0 Å². The molecular weight excluding hydrogens is 298 g/mol. The molecule has 0 N–H and O–H groups in total. The second-order valence-electron chi connectivity index (χ2n) is 5.81. The first kappa shape index (κ1) is 16.9. The van der Waals surface area contributed by atoms with E-state index in [9.17, 15) is 4.79 Å². The lowest BCUT2D eigenvalue weighted by Crippen LogP contribution is -2.39. The van der Waals surface area contributed by atoms with Crippen LogP contribution < -0.4 is 0 Å². The molecule has 5 nitrogen and oxygen atoms in total. The maximum atomic E-state index is 12.4. The fraction of sp³-hybridized carbons (Fsp3) is 0.688. The Morgan fingerprint density at radius 1 is 1.27 bits per heavy atom. The Morgan fingerprint density at radius 3 is 2.45 bits per heavy atom. The monoisotopic (exact) mass is 323 g/mol. The first-order valence-electron chi connectivity index (χ1n) is 7.92. The van der Waals surface area contributed by atoms with Gasteiger partial charge in [0.2, 0.25) is 6.10 Å². The molecule has 0 unspecified atom stereocenters. The summed E-state index contributed by atoms with van der Waals surface area (Å²) in [6.07, 6.45) is 4.04. The number of aromatic nitrogens is 1. The minimum atomic E-state index is -0.539. The summed E-state index contributed by atoms with van der Waals surface area (Å²) in [5, 5.41) is 5.16. The topological polar surface area (TPSA) is 54.8 Å². The predicted molar refractivity (Wildman–Crippen MR) is 89.4 cm³/mol. The van der Waals surface area contributed by atoms with Crippen molar-refractivity contribution in [2.24, 2.45) is 5.16 Å². The highest BCUT2D eigenvalue weighted by Gasteiger charge is 2.23. The maximum Gasteiger partial charge on any atom is 0.266 e. The fourth-order valence-corrected chi connectivity index (χ4v) is 3.52. The standard InChI is InChI=1S/C16H25N3O2S/c1-11-15(22-14(4)17-11)12(2)18-21-13(3)16(20)19-9-7-5-6-8-10-19/h13H,5-10H2,1-4H3/t13-/m1/s1. The molecule has 6 heteroatoms. The Labute approximate surface area is 136 Å². The summed E-state index contributed by atoms with van der Waals surface area (Å²) in [7, 11) is 0. The molecule has 0 aliphatic carbocycles. The molecule has 2 rings (SSSR count). The number of carbonyl (C=O) groups is 1. The number of hydrogen-bond acceptors (Lipinski definition) is 5. The van der Waals surface area contributed by atoms with Crippen LogP contribution in [0.5, 0.6) is 0 Å². The van der Waals surface area contributed by atoms with E-state index in [2.05, 4.69) is 10.1 Å². The average Bonchev–Trinajstić information content (AvgIpc) is 2.71. The summed E-state index contributed by atoms with van der Waals surface area (Å²) in [6, 6.07) is 0. The molecule has 1 aromatic heterocycles. The van der Waals surface area contributed by atoms with Gasteiger partial charge in [0.25, 0.3) is 5.91 Å². The normalized spacial score (nSPS) is 18.0. The molecular formula is C16H25N3O2S. The van der Waals surface area contributed by atoms with Gasteiger partial charge in [0.15, 0.2) is 0 Å². The van der Waals surface area contributed by atoms with Gasteiger partial charge in [-0.15, -0.1) is 11.3 Å². The second-order valence-corrected chi connectivity index (χ2v) is 7.01. The lowest BCUT2D eigenvalue weighted by molar-refractivity contribution is -0.142. The number of amides is 1. The molecule has 0 bridgehead atoms. The van der Waals surface area contributed by atoms with Crippen molar-refractivity contribution in [3.63, 3.8) is 0 Å². The van der Waals surface area contributed by atoms with E-state index >= 15 is 0 Å². The molecule has 1 saturated heterocycles. The highest BCUT2D eigenvalue weighted by atomic mass is 32.1. The number of rotatable bonds is 4. The fourth-order valence-electron chi connectivity index (χ4n) is 2.66. The van der Waals surface area contributed by atoms with Crippen molar-refractivity contribution in [3.8, 4) is 0 Å². The molecule has 2 heterocycles. The van der Waals surface area contributed by atoms with Crippen molar-refractivity contribution < 1.29 is 9.63 Å². The highest BCUT2D eigenvalue weighted by molar-refractivity contribution is 7.13. The van der Waals surface area contributed by atoms with Crippen LogP contribution in [0.15, 0.2) is 5.16 Å². The third kappa shape index (κ3) is 4.29. The third-order valence-corrected chi connectivity index (χ3v) is 5.03. The maximum absolute atomic E-state index is 12.4. The number of aryl methyl sites for hydroxylation is 2. The van der Waals surface area contributed by atoms with E-state index in [1.807, 2.05) is 25.7 Å². The van der Waals surface area contributed by atoms with E-state index in [0.717, 1.165) is 47.2 Å². The first-order chi connectivity index (χ1) is 10.5. The van der Waals surface area contributed by atoms with E-state index < -0.39 is 6.10 Å². The molecule has 1 fully saturated rings. The summed E-state index contributed by atoms with van der Waals surface area (Å²) in [6.45, 7) is 9.27. The zero-order valence-corrected chi connectivity index (χ0v) is 14.7. The molecule has 122 valence electrons.